The van der Waals surface area contributed by atoms with Crippen LogP contribution in [-0.4, -0.2) is 35.5 Å². The molecular weight excluding hydrogens is 443 g/mol. The molecule has 1 N–H and O–H groups in total. The zero-order valence-electron chi connectivity index (χ0n) is 16.6. The summed E-state index contributed by atoms with van der Waals surface area (Å²) >= 11 is 0. The van der Waals surface area contributed by atoms with Crippen molar-refractivity contribution in [3.63, 3.8) is 0 Å². The van der Waals surface area contributed by atoms with Gasteiger partial charge in [0.2, 0.25) is 10.0 Å². The minimum absolute atomic E-state index is 0.0277. The van der Waals surface area contributed by atoms with Crippen molar-refractivity contribution < 1.29 is 26.0 Å². The van der Waals surface area contributed by atoms with Gasteiger partial charge in [0.1, 0.15) is 16.8 Å². The van der Waals surface area contributed by atoms with Gasteiger partial charge in [0.05, 0.1) is 17.8 Å². The van der Waals surface area contributed by atoms with E-state index in [0.717, 1.165) is 12.1 Å². The monoisotopic (exact) mass is 464 g/mol. The van der Waals surface area contributed by atoms with Crippen molar-refractivity contribution in [1.82, 2.24) is 9.71 Å². The number of sulfonamides is 1. The molecule has 0 bridgehead atoms. The highest BCUT2D eigenvalue weighted by Gasteiger charge is 2.31. The summed E-state index contributed by atoms with van der Waals surface area (Å²) in [7, 11) is -6.36. The number of hydrogen-bond acceptors (Lipinski definition) is 6. The van der Waals surface area contributed by atoms with Crippen LogP contribution in [0.4, 0.5) is 4.39 Å². The average Bonchev–Trinajstić information content (AvgIpc) is 2.76. The molecular formula is C21H21FN2O5S2. The first-order valence-corrected chi connectivity index (χ1v) is 12.4. The van der Waals surface area contributed by atoms with E-state index < -0.39 is 36.7 Å². The molecule has 0 aliphatic rings. The molecule has 3 aromatic rings. The number of nitrogens with zero attached hydrogens (tertiary/aromatic N) is 1. The van der Waals surface area contributed by atoms with E-state index in [1.807, 2.05) is 0 Å². The molecule has 0 saturated heterocycles. The minimum atomic E-state index is -3.95. The van der Waals surface area contributed by atoms with E-state index in [1.165, 1.54) is 55.9 Å². The molecule has 0 amide bonds. The van der Waals surface area contributed by atoms with Crippen molar-refractivity contribution in [3.8, 4) is 5.75 Å². The lowest BCUT2D eigenvalue weighted by Crippen LogP contribution is -2.32. The van der Waals surface area contributed by atoms with E-state index in [0.29, 0.717) is 16.9 Å². The van der Waals surface area contributed by atoms with Crippen molar-refractivity contribution in [2.24, 2.45) is 0 Å². The fourth-order valence-corrected chi connectivity index (χ4v) is 5.86. The zero-order chi connectivity index (χ0) is 22.5. The maximum absolute atomic E-state index is 13.3. The van der Waals surface area contributed by atoms with Crippen LogP contribution in [0.15, 0.2) is 78.0 Å². The normalized spacial score (nSPS) is 13.0. The summed E-state index contributed by atoms with van der Waals surface area (Å²) < 4.78 is 72.2. The highest BCUT2D eigenvalue weighted by Crippen LogP contribution is 2.29. The lowest BCUT2D eigenvalue weighted by atomic mass is 10.2. The highest BCUT2D eigenvalue weighted by atomic mass is 32.2. The Morgan fingerprint density at radius 3 is 2.26 bits per heavy atom. The van der Waals surface area contributed by atoms with E-state index in [1.54, 1.807) is 12.1 Å². The Labute approximate surface area is 180 Å². The Bertz CT molecular complexity index is 1220. The second kappa shape index (κ2) is 9.54. The third-order valence-electron chi connectivity index (χ3n) is 4.58. The second-order valence-electron chi connectivity index (χ2n) is 6.73. The number of halogens is 1. The largest absolute Gasteiger partial charge is 0.497 e. The van der Waals surface area contributed by atoms with Crippen molar-refractivity contribution in [2.75, 3.05) is 13.7 Å². The summed E-state index contributed by atoms with van der Waals surface area (Å²) in [4.78, 5) is 3.99. The fourth-order valence-electron chi connectivity index (χ4n) is 2.96. The van der Waals surface area contributed by atoms with Crippen LogP contribution in [0, 0.1) is 5.82 Å². The van der Waals surface area contributed by atoms with Gasteiger partial charge in [-0.1, -0.05) is 18.2 Å². The summed E-state index contributed by atoms with van der Waals surface area (Å²) in [5, 5.41) is -1.20. The van der Waals surface area contributed by atoms with Gasteiger partial charge in [0.15, 0.2) is 9.84 Å². The van der Waals surface area contributed by atoms with Gasteiger partial charge in [-0.25, -0.2) is 25.9 Å². The molecule has 31 heavy (non-hydrogen) atoms. The lowest BCUT2D eigenvalue weighted by Gasteiger charge is -2.19. The molecule has 0 fully saturated rings. The van der Waals surface area contributed by atoms with Gasteiger partial charge in [-0.2, -0.15) is 0 Å². The quantitative estimate of drug-likeness (QED) is 0.522. The van der Waals surface area contributed by atoms with Crippen LogP contribution in [0.25, 0.3) is 0 Å². The lowest BCUT2D eigenvalue weighted by molar-refractivity contribution is 0.414. The molecule has 7 nitrogen and oxygen atoms in total. The van der Waals surface area contributed by atoms with E-state index in [2.05, 4.69) is 9.71 Å². The van der Waals surface area contributed by atoms with E-state index in [-0.39, 0.29) is 11.4 Å². The van der Waals surface area contributed by atoms with Gasteiger partial charge in [0, 0.05) is 18.9 Å². The number of ether oxygens (including phenoxy) is 1. The molecule has 1 aromatic heterocycles. The predicted molar refractivity (Wildman–Crippen MR) is 114 cm³/mol. The molecule has 1 heterocycles. The van der Waals surface area contributed by atoms with Crippen LogP contribution in [0.1, 0.15) is 16.4 Å². The van der Waals surface area contributed by atoms with Gasteiger partial charge >= 0.3 is 0 Å². The number of sulfone groups is 1. The summed E-state index contributed by atoms with van der Waals surface area (Å²) in [5.41, 5.74) is 0.729. The number of hydrogen-bond donors (Lipinski definition) is 1. The topological polar surface area (TPSA) is 102 Å². The molecule has 3 rings (SSSR count). The van der Waals surface area contributed by atoms with E-state index in [4.69, 9.17) is 4.74 Å². The smallest absolute Gasteiger partial charge is 0.215 e. The molecule has 10 heteroatoms. The first-order valence-electron chi connectivity index (χ1n) is 9.21. The van der Waals surface area contributed by atoms with Crippen LogP contribution in [0.3, 0.4) is 0 Å². The van der Waals surface area contributed by atoms with Gasteiger partial charge in [0.25, 0.3) is 0 Å². The van der Waals surface area contributed by atoms with Gasteiger partial charge in [-0.15, -0.1) is 0 Å². The van der Waals surface area contributed by atoms with Gasteiger partial charge in [-0.05, 0) is 53.6 Å². The standard InChI is InChI=1S/C21H21FN2O5S2/c1-29-19-8-10-20(11-9-19)31(27,28)21(17-3-2-12-23-13-17)14-24-30(25,26)15-16-4-6-18(22)7-5-16/h2-13,21,24H,14-15H2,1H3. The molecule has 1 unspecified atom stereocenters. The van der Waals surface area contributed by atoms with Crippen LogP contribution >= 0.6 is 0 Å². The Morgan fingerprint density at radius 1 is 1.00 bits per heavy atom. The van der Waals surface area contributed by atoms with Crippen molar-refractivity contribution in [2.45, 2.75) is 15.9 Å². The highest BCUT2D eigenvalue weighted by molar-refractivity contribution is 7.92. The third-order valence-corrected chi connectivity index (χ3v) is 8.01. The number of rotatable bonds is 9. The SMILES string of the molecule is COc1ccc(S(=O)(=O)C(CNS(=O)(=O)Cc2ccc(F)cc2)c2cccnc2)cc1. The van der Waals surface area contributed by atoms with Crippen molar-refractivity contribution >= 4 is 19.9 Å². The van der Waals surface area contributed by atoms with Crippen LogP contribution in [0.5, 0.6) is 5.75 Å². The zero-order valence-corrected chi connectivity index (χ0v) is 18.2. The van der Waals surface area contributed by atoms with Gasteiger partial charge < -0.3 is 4.74 Å². The molecule has 0 aliphatic carbocycles. The number of aromatic nitrogens is 1. The van der Waals surface area contributed by atoms with Gasteiger partial charge in [-0.3, -0.25) is 4.98 Å². The molecule has 0 spiro atoms. The molecule has 0 aliphatic heterocycles. The van der Waals surface area contributed by atoms with Crippen molar-refractivity contribution in [3.05, 3.63) is 90.0 Å². The molecule has 2 aromatic carbocycles. The number of benzene rings is 2. The Morgan fingerprint density at radius 2 is 1.68 bits per heavy atom. The number of methoxy groups -OCH3 is 1. The second-order valence-corrected chi connectivity index (χ2v) is 10.7. The first-order chi connectivity index (χ1) is 14.7. The first kappa shape index (κ1) is 22.9. The minimum Gasteiger partial charge on any atom is -0.497 e. The molecule has 1 atom stereocenters. The average molecular weight is 465 g/mol. The Balaban J connectivity index is 1.86. The maximum Gasteiger partial charge on any atom is 0.215 e. The molecule has 0 saturated carbocycles. The predicted octanol–water partition coefficient (Wildman–Crippen LogP) is 2.86. The summed E-state index contributed by atoms with van der Waals surface area (Å²) in [6, 6.07) is 14.1. The number of pyridine rings is 1. The van der Waals surface area contributed by atoms with E-state index >= 15 is 0 Å². The molecule has 164 valence electrons. The number of nitrogens with one attached hydrogen (secondary N) is 1. The molecule has 0 radical (unpaired) electrons. The third kappa shape index (κ3) is 5.87. The van der Waals surface area contributed by atoms with Crippen LogP contribution in [0.2, 0.25) is 0 Å². The Hall–Kier alpha value is -2.82. The van der Waals surface area contributed by atoms with E-state index in [9.17, 15) is 21.2 Å². The maximum atomic E-state index is 13.3. The fraction of sp³-hybridized carbons (Fsp3) is 0.190. The van der Waals surface area contributed by atoms with Crippen molar-refractivity contribution in [1.29, 1.82) is 0 Å². The van der Waals surface area contributed by atoms with Crippen LogP contribution in [-0.2, 0) is 25.6 Å². The Kier molecular flexibility index (Phi) is 7.04. The summed E-state index contributed by atoms with van der Waals surface area (Å²) in [5.74, 6) is -0.386. The summed E-state index contributed by atoms with van der Waals surface area (Å²) in [6.07, 6.45) is 2.89. The summed E-state index contributed by atoms with van der Waals surface area (Å²) in [6.45, 7) is -0.385. The van der Waals surface area contributed by atoms with Crippen LogP contribution < -0.4 is 9.46 Å².